The monoisotopic (exact) mass is 348 g/mol. The number of halogens is 3. The quantitative estimate of drug-likeness (QED) is 0.863. The van der Waals surface area contributed by atoms with Crippen LogP contribution in [0.5, 0.6) is 0 Å². The van der Waals surface area contributed by atoms with Crippen molar-refractivity contribution in [1.82, 2.24) is 9.78 Å². The van der Waals surface area contributed by atoms with Gasteiger partial charge in [-0.2, -0.15) is 10.4 Å². The zero-order valence-corrected chi connectivity index (χ0v) is 12.8. The fourth-order valence-corrected chi connectivity index (χ4v) is 3.31. The van der Waals surface area contributed by atoms with E-state index in [1.165, 1.54) is 17.9 Å². The lowest BCUT2D eigenvalue weighted by Crippen LogP contribution is -2.15. The van der Waals surface area contributed by atoms with Gasteiger partial charge in [-0.15, -0.1) is 0 Å². The predicted octanol–water partition coefficient (Wildman–Crippen LogP) is 2.54. The molecule has 0 fully saturated rings. The lowest BCUT2D eigenvalue weighted by molar-refractivity contribution is 0.595. The fraction of sp³-hybridized carbons (Fsp3) is 0.0909. The van der Waals surface area contributed by atoms with Crippen LogP contribution in [-0.2, 0) is 17.1 Å². The highest BCUT2D eigenvalue weighted by molar-refractivity contribution is 7.92. The summed E-state index contributed by atoms with van der Waals surface area (Å²) < 4.78 is 41.3. The van der Waals surface area contributed by atoms with E-state index in [1.54, 1.807) is 6.07 Å². The molecule has 0 saturated heterocycles. The van der Waals surface area contributed by atoms with Crippen molar-refractivity contribution >= 4 is 39.0 Å². The highest BCUT2D eigenvalue weighted by Gasteiger charge is 2.24. The summed E-state index contributed by atoms with van der Waals surface area (Å²) >= 11 is 11.2. The number of aromatic nitrogens is 2. The van der Waals surface area contributed by atoms with Crippen molar-refractivity contribution < 1.29 is 12.8 Å². The maximum atomic E-state index is 13.6. The second kappa shape index (κ2) is 5.52. The van der Waals surface area contributed by atoms with Crippen molar-refractivity contribution in [3.05, 3.63) is 39.8 Å². The number of nitrogens with one attached hydrogen (secondary N) is 1. The van der Waals surface area contributed by atoms with Crippen molar-refractivity contribution in [2.75, 3.05) is 4.72 Å². The summed E-state index contributed by atoms with van der Waals surface area (Å²) in [5.74, 6) is -1.21. The van der Waals surface area contributed by atoms with E-state index in [9.17, 15) is 12.8 Å². The van der Waals surface area contributed by atoms with Crippen LogP contribution in [0.3, 0.4) is 0 Å². The molecule has 0 unspecified atom stereocenters. The Morgan fingerprint density at radius 3 is 2.71 bits per heavy atom. The number of nitrogens with zero attached hydrogens (tertiary/aromatic N) is 3. The molecule has 0 amide bonds. The van der Waals surface area contributed by atoms with Crippen LogP contribution in [0.2, 0.25) is 10.0 Å². The van der Waals surface area contributed by atoms with Gasteiger partial charge in [0.15, 0.2) is 11.6 Å². The van der Waals surface area contributed by atoms with E-state index in [0.29, 0.717) is 0 Å². The van der Waals surface area contributed by atoms with Gasteiger partial charge in [-0.3, -0.25) is 9.40 Å². The Morgan fingerprint density at radius 1 is 1.43 bits per heavy atom. The number of nitriles is 1. The van der Waals surface area contributed by atoms with Crippen LogP contribution < -0.4 is 4.72 Å². The number of hydrogen-bond acceptors (Lipinski definition) is 4. The Labute approximate surface area is 129 Å². The molecule has 0 radical (unpaired) electrons. The minimum Gasteiger partial charge on any atom is -0.272 e. The molecule has 1 aromatic heterocycles. The number of aryl methyl sites for hydroxylation is 1. The van der Waals surface area contributed by atoms with Gasteiger partial charge in [-0.25, -0.2) is 12.8 Å². The molecule has 0 atom stereocenters. The SMILES string of the molecule is Cn1cc(C#N)c(NS(=O)(=O)c2ccc(Cl)c(F)c2Cl)n1. The van der Waals surface area contributed by atoms with Crippen molar-refractivity contribution in [2.24, 2.45) is 7.05 Å². The third-order valence-corrected chi connectivity index (χ3v) is 4.62. The summed E-state index contributed by atoms with van der Waals surface area (Å²) in [6.45, 7) is 0. The van der Waals surface area contributed by atoms with Crippen LogP contribution in [0.4, 0.5) is 10.2 Å². The van der Waals surface area contributed by atoms with E-state index < -0.39 is 25.8 Å². The van der Waals surface area contributed by atoms with Crippen molar-refractivity contribution in [2.45, 2.75) is 4.90 Å². The van der Waals surface area contributed by atoms with Gasteiger partial charge in [0.1, 0.15) is 16.5 Å². The van der Waals surface area contributed by atoms with E-state index in [4.69, 9.17) is 28.5 Å². The van der Waals surface area contributed by atoms with Gasteiger partial charge in [0.2, 0.25) is 0 Å². The summed E-state index contributed by atoms with van der Waals surface area (Å²) in [4.78, 5) is -0.499. The van der Waals surface area contributed by atoms with Crippen LogP contribution >= 0.6 is 23.2 Å². The number of hydrogen-bond donors (Lipinski definition) is 1. The highest BCUT2D eigenvalue weighted by Crippen LogP contribution is 2.30. The van der Waals surface area contributed by atoms with E-state index in [-0.39, 0.29) is 16.4 Å². The van der Waals surface area contributed by atoms with Gasteiger partial charge >= 0.3 is 0 Å². The predicted molar refractivity (Wildman–Crippen MR) is 75.2 cm³/mol. The van der Waals surface area contributed by atoms with Gasteiger partial charge in [-0.05, 0) is 12.1 Å². The molecule has 0 saturated carbocycles. The van der Waals surface area contributed by atoms with Gasteiger partial charge in [0, 0.05) is 13.2 Å². The topological polar surface area (TPSA) is 87.8 Å². The van der Waals surface area contributed by atoms with Gasteiger partial charge in [0.25, 0.3) is 10.0 Å². The van der Waals surface area contributed by atoms with Gasteiger partial charge < -0.3 is 0 Å². The third-order valence-electron chi connectivity index (χ3n) is 2.47. The molecule has 6 nitrogen and oxygen atoms in total. The first-order valence-electron chi connectivity index (χ1n) is 5.36. The maximum absolute atomic E-state index is 13.6. The molecule has 21 heavy (non-hydrogen) atoms. The second-order valence-corrected chi connectivity index (χ2v) is 6.39. The summed E-state index contributed by atoms with van der Waals surface area (Å²) in [5.41, 5.74) is 0.0200. The van der Waals surface area contributed by atoms with E-state index in [0.717, 1.165) is 12.1 Å². The van der Waals surface area contributed by atoms with Gasteiger partial charge in [0.05, 0.1) is 10.0 Å². The van der Waals surface area contributed by atoms with Crippen LogP contribution in [-0.4, -0.2) is 18.2 Å². The zero-order valence-electron chi connectivity index (χ0n) is 10.4. The standard InChI is InChI=1S/C11H7Cl2FN4O2S/c1-18-5-6(4-15)11(16-18)17-21(19,20)8-3-2-7(12)10(14)9(8)13/h2-3,5H,1H3,(H,16,17). The fourth-order valence-electron chi connectivity index (χ4n) is 1.54. The summed E-state index contributed by atoms with van der Waals surface area (Å²) in [5, 5.41) is 11.8. The average molecular weight is 349 g/mol. The molecule has 0 aliphatic rings. The van der Waals surface area contributed by atoms with Crippen LogP contribution in [0, 0.1) is 17.1 Å². The lowest BCUT2D eigenvalue weighted by Gasteiger charge is -2.08. The molecular formula is C11H7Cl2FN4O2S. The molecule has 0 aliphatic carbocycles. The number of rotatable bonds is 3. The molecule has 10 heteroatoms. The lowest BCUT2D eigenvalue weighted by atomic mass is 10.3. The summed E-state index contributed by atoms with van der Waals surface area (Å²) in [6.07, 6.45) is 1.34. The molecule has 1 N–H and O–H groups in total. The molecule has 2 rings (SSSR count). The van der Waals surface area contributed by atoms with Crippen molar-refractivity contribution in [1.29, 1.82) is 5.26 Å². The van der Waals surface area contributed by atoms with Gasteiger partial charge in [-0.1, -0.05) is 23.2 Å². The minimum absolute atomic E-state index is 0.0200. The molecule has 110 valence electrons. The Hall–Kier alpha value is -1.82. The number of anilines is 1. The first kappa shape index (κ1) is 15.6. The Balaban J connectivity index is 2.49. The summed E-state index contributed by atoms with van der Waals surface area (Å²) in [6, 6.07) is 3.92. The zero-order chi connectivity index (χ0) is 15.8. The molecule has 0 bridgehead atoms. The molecule has 0 aliphatic heterocycles. The number of sulfonamides is 1. The minimum atomic E-state index is -4.21. The molecule has 2 aromatic rings. The second-order valence-electron chi connectivity index (χ2n) is 3.96. The van der Waals surface area contributed by atoms with E-state index in [2.05, 4.69) is 9.82 Å². The Bertz CT molecular complexity index is 858. The smallest absolute Gasteiger partial charge is 0.264 e. The first-order chi connectivity index (χ1) is 9.76. The Morgan fingerprint density at radius 2 is 2.10 bits per heavy atom. The largest absolute Gasteiger partial charge is 0.272 e. The van der Waals surface area contributed by atoms with Crippen molar-refractivity contribution in [3.8, 4) is 6.07 Å². The number of benzene rings is 1. The molecule has 1 aromatic carbocycles. The van der Waals surface area contributed by atoms with Crippen LogP contribution in [0.15, 0.2) is 23.2 Å². The first-order valence-corrected chi connectivity index (χ1v) is 7.60. The normalized spacial score (nSPS) is 11.2. The van der Waals surface area contributed by atoms with Crippen LogP contribution in [0.1, 0.15) is 5.56 Å². The van der Waals surface area contributed by atoms with Crippen molar-refractivity contribution in [3.63, 3.8) is 0 Å². The third kappa shape index (κ3) is 2.95. The molecular weight excluding hydrogens is 342 g/mol. The van der Waals surface area contributed by atoms with E-state index in [1.807, 2.05) is 0 Å². The Kier molecular flexibility index (Phi) is 4.09. The van der Waals surface area contributed by atoms with E-state index >= 15 is 0 Å². The molecule has 1 heterocycles. The summed E-state index contributed by atoms with van der Waals surface area (Å²) in [7, 11) is -2.69. The highest BCUT2D eigenvalue weighted by atomic mass is 35.5. The average Bonchev–Trinajstić information content (AvgIpc) is 2.75. The van der Waals surface area contributed by atoms with Crippen LogP contribution in [0.25, 0.3) is 0 Å². The molecule has 0 spiro atoms. The maximum Gasteiger partial charge on any atom is 0.264 e.